The summed E-state index contributed by atoms with van der Waals surface area (Å²) in [6, 6.07) is 1.86. The molecular formula is C18H26F2N2O3. The molecule has 0 aromatic heterocycles. The number of ether oxygens (including phenoxy) is 2. The Labute approximate surface area is 147 Å². The highest BCUT2D eigenvalue weighted by Gasteiger charge is 2.36. The van der Waals surface area contributed by atoms with Crippen LogP contribution in [0, 0.1) is 23.5 Å². The van der Waals surface area contributed by atoms with Gasteiger partial charge in [0.25, 0.3) is 5.91 Å². The van der Waals surface area contributed by atoms with Gasteiger partial charge in [-0.05, 0) is 11.8 Å². The van der Waals surface area contributed by atoms with Crippen LogP contribution in [0.5, 0.6) is 5.75 Å². The summed E-state index contributed by atoms with van der Waals surface area (Å²) < 4.78 is 38.1. The summed E-state index contributed by atoms with van der Waals surface area (Å²) in [5.41, 5.74) is -0.571. The lowest BCUT2D eigenvalue weighted by Crippen LogP contribution is -2.42. The Morgan fingerprint density at radius 1 is 1.28 bits per heavy atom. The zero-order valence-corrected chi connectivity index (χ0v) is 15.1. The van der Waals surface area contributed by atoms with Gasteiger partial charge < -0.3 is 14.8 Å². The van der Waals surface area contributed by atoms with Crippen molar-refractivity contribution in [3.05, 3.63) is 29.3 Å². The van der Waals surface area contributed by atoms with Crippen molar-refractivity contribution in [1.82, 2.24) is 10.2 Å². The number of carbonyl (C=O) groups excluding carboxylic acids is 1. The SMILES string of the molecule is COCCN1C[C@H](NC(=O)c2c(F)cc(OC)cc2F)[C@@H](C(C)C)C1. The molecule has 140 valence electrons. The second-order valence-electron chi connectivity index (χ2n) is 6.71. The average molecular weight is 356 g/mol. The van der Waals surface area contributed by atoms with Crippen LogP contribution in [0.15, 0.2) is 12.1 Å². The summed E-state index contributed by atoms with van der Waals surface area (Å²) >= 11 is 0. The topological polar surface area (TPSA) is 50.8 Å². The minimum atomic E-state index is -0.926. The predicted octanol–water partition coefficient (Wildman–Crippen LogP) is 2.31. The first-order chi connectivity index (χ1) is 11.9. The molecule has 2 atom stereocenters. The maximum absolute atomic E-state index is 14.1. The molecule has 1 amide bonds. The highest BCUT2D eigenvalue weighted by Crippen LogP contribution is 2.26. The van der Waals surface area contributed by atoms with Crippen molar-refractivity contribution >= 4 is 5.91 Å². The van der Waals surface area contributed by atoms with E-state index in [2.05, 4.69) is 24.1 Å². The largest absolute Gasteiger partial charge is 0.497 e. The van der Waals surface area contributed by atoms with E-state index in [0.717, 1.165) is 25.2 Å². The number of hydrogen-bond donors (Lipinski definition) is 1. The van der Waals surface area contributed by atoms with Crippen molar-refractivity contribution in [3.8, 4) is 5.75 Å². The Morgan fingerprint density at radius 2 is 1.92 bits per heavy atom. The fraction of sp³-hybridized carbons (Fsp3) is 0.611. The van der Waals surface area contributed by atoms with E-state index in [4.69, 9.17) is 9.47 Å². The van der Waals surface area contributed by atoms with Gasteiger partial charge in [-0.3, -0.25) is 9.69 Å². The third-order valence-electron chi connectivity index (χ3n) is 4.70. The minimum absolute atomic E-state index is 0.0400. The summed E-state index contributed by atoms with van der Waals surface area (Å²) in [7, 11) is 2.96. The highest BCUT2D eigenvalue weighted by atomic mass is 19.1. The van der Waals surface area contributed by atoms with Crippen molar-refractivity contribution in [1.29, 1.82) is 0 Å². The van der Waals surface area contributed by atoms with Gasteiger partial charge in [0.1, 0.15) is 22.9 Å². The molecular weight excluding hydrogens is 330 g/mol. The molecule has 7 heteroatoms. The van der Waals surface area contributed by atoms with Crippen LogP contribution >= 0.6 is 0 Å². The zero-order chi connectivity index (χ0) is 18.6. The monoisotopic (exact) mass is 356 g/mol. The number of nitrogens with zero attached hydrogens (tertiary/aromatic N) is 1. The Balaban J connectivity index is 2.13. The molecule has 0 aliphatic carbocycles. The first-order valence-corrected chi connectivity index (χ1v) is 8.42. The summed E-state index contributed by atoms with van der Waals surface area (Å²) in [6.45, 7) is 6.98. The van der Waals surface area contributed by atoms with E-state index in [1.54, 1.807) is 7.11 Å². The maximum Gasteiger partial charge on any atom is 0.257 e. The van der Waals surface area contributed by atoms with Crippen molar-refractivity contribution in [2.75, 3.05) is 40.5 Å². The van der Waals surface area contributed by atoms with Gasteiger partial charge >= 0.3 is 0 Å². The van der Waals surface area contributed by atoms with Crippen molar-refractivity contribution in [2.24, 2.45) is 11.8 Å². The highest BCUT2D eigenvalue weighted by molar-refractivity contribution is 5.95. The van der Waals surface area contributed by atoms with Gasteiger partial charge in [0.05, 0.1) is 13.7 Å². The molecule has 1 fully saturated rings. The molecule has 0 unspecified atom stereocenters. The standard InChI is InChI=1S/C18H26F2N2O3/c1-11(2)13-9-22(5-6-24-3)10-16(13)21-18(23)17-14(19)7-12(25-4)8-15(17)20/h7-8,11,13,16H,5-6,9-10H2,1-4H3,(H,21,23)/t13-,16+/m1/s1. The van der Waals surface area contributed by atoms with Gasteiger partial charge in [0.15, 0.2) is 0 Å². The van der Waals surface area contributed by atoms with Gasteiger partial charge in [-0.15, -0.1) is 0 Å². The normalized spacial score (nSPS) is 20.9. The molecule has 1 aliphatic heterocycles. The van der Waals surface area contributed by atoms with E-state index in [9.17, 15) is 13.6 Å². The van der Waals surface area contributed by atoms with Crippen molar-refractivity contribution in [2.45, 2.75) is 19.9 Å². The Bertz CT molecular complexity index is 587. The van der Waals surface area contributed by atoms with Gasteiger partial charge in [-0.1, -0.05) is 13.8 Å². The van der Waals surface area contributed by atoms with E-state index in [0.29, 0.717) is 19.1 Å². The molecule has 0 radical (unpaired) electrons. The number of rotatable bonds is 7. The van der Waals surface area contributed by atoms with Crippen molar-refractivity contribution < 1.29 is 23.0 Å². The Morgan fingerprint density at radius 3 is 2.44 bits per heavy atom. The second kappa shape index (κ2) is 8.58. The number of carbonyl (C=O) groups is 1. The fourth-order valence-electron chi connectivity index (χ4n) is 3.27. The first kappa shape index (κ1) is 19.6. The number of halogens is 2. The third kappa shape index (κ3) is 4.67. The summed E-state index contributed by atoms with van der Waals surface area (Å²) in [6.07, 6.45) is 0. The Hall–Kier alpha value is -1.73. The van der Waals surface area contributed by atoms with E-state index >= 15 is 0 Å². The van der Waals surface area contributed by atoms with Gasteiger partial charge in [0, 0.05) is 44.9 Å². The van der Waals surface area contributed by atoms with E-state index < -0.39 is 23.1 Å². The molecule has 0 bridgehead atoms. The number of methoxy groups -OCH3 is 2. The van der Waals surface area contributed by atoms with Gasteiger partial charge in [-0.25, -0.2) is 8.78 Å². The number of likely N-dealkylation sites (tertiary alicyclic amines) is 1. The third-order valence-corrected chi connectivity index (χ3v) is 4.70. The van der Waals surface area contributed by atoms with Crippen LogP contribution in [-0.4, -0.2) is 57.3 Å². The second-order valence-corrected chi connectivity index (χ2v) is 6.71. The molecule has 1 heterocycles. The number of hydrogen-bond acceptors (Lipinski definition) is 4. The predicted molar refractivity (Wildman–Crippen MR) is 90.8 cm³/mol. The van der Waals surface area contributed by atoms with Crippen LogP contribution in [0.3, 0.4) is 0 Å². The molecule has 1 aromatic rings. The number of nitrogens with one attached hydrogen (secondary N) is 1. The number of benzene rings is 1. The molecule has 1 saturated heterocycles. The molecule has 5 nitrogen and oxygen atoms in total. The molecule has 1 aromatic carbocycles. The van der Waals surface area contributed by atoms with Gasteiger partial charge in [-0.2, -0.15) is 0 Å². The van der Waals surface area contributed by atoms with Crippen LogP contribution in [0.1, 0.15) is 24.2 Å². The molecule has 0 spiro atoms. The zero-order valence-electron chi connectivity index (χ0n) is 15.1. The van der Waals surface area contributed by atoms with Gasteiger partial charge in [0.2, 0.25) is 0 Å². The van der Waals surface area contributed by atoms with E-state index in [-0.39, 0.29) is 17.7 Å². The summed E-state index contributed by atoms with van der Waals surface area (Å²) in [5.74, 6) is -2.00. The van der Waals surface area contributed by atoms with Crippen LogP contribution in [-0.2, 0) is 4.74 Å². The first-order valence-electron chi connectivity index (χ1n) is 8.42. The van der Waals surface area contributed by atoms with Crippen LogP contribution in [0.25, 0.3) is 0 Å². The van der Waals surface area contributed by atoms with E-state index in [1.807, 2.05) is 0 Å². The molecule has 1 aliphatic rings. The Kier molecular flexibility index (Phi) is 6.72. The van der Waals surface area contributed by atoms with Crippen LogP contribution in [0.2, 0.25) is 0 Å². The fourth-order valence-corrected chi connectivity index (χ4v) is 3.27. The average Bonchev–Trinajstić information content (AvgIpc) is 2.95. The lowest BCUT2D eigenvalue weighted by Gasteiger charge is -2.23. The molecule has 2 rings (SSSR count). The van der Waals surface area contributed by atoms with E-state index in [1.165, 1.54) is 7.11 Å². The summed E-state index contributed by atoms with van der Waals surface area (Å²) in [5, 5.41) is 2.81. The molecule has 0 saturated carbocycles. The molecule has 25 heavy (non-hydrogen) atoms. The lowest BCUT2D eigenvalue weighted by molar-refractivity contribution is 0.0916. The smallest absolute Gasteiger partial charge is 0.257 e. The maximum atomic E-state index is 14.1. The number of amides is 1. The quantitative estimate of drug-likeness (QED) is 0.815. The van der Waals surface area contributed by atoms with Crippen LogP contribution < -0.4 is 10.1 Å². The summed E-state index contributed by atoms with van der Waals surface area (Å²) in [4.78, 5) is 14.6. The van der Waals surface area contributed by atoms with Crippen LogP contribution in [0.4, 0.5) is 8.78 Å². The lowest BCUT2D eigenvalue weighted by atomic mass is 9.91. The molecule has 1 N–H and O–H groups in total. The van der Waals surface area contributed by atoms with Crippen molar-refractivity contribution in [3.63, 3.8) is 0 Å². The minimum Gasteiger partial charge on any atom is -0.497 e.